The van der Waals surface area contributed by atoms with Gasteiger partial charge in [-0.25, -0.2) is 17.9 Å². The van der Waals surface area contributed by atoms with E-state index in [0.29, 0.717) is 22.0 Å². The SMILES string of the molecule is O=C1CCc2cncc(c2)-c2cnc3sc(nn23)-c2c[nH]c(=O)c(c2)NS(=O)(=O)c2cccc1c2. The van der Waals surface area contributed by atoms with E-state index in [0.717, 1.165) is 16.8 Å². The molecule has 0 aliphatic carbocycles. The summed E-state index contributed by atoms with van der Waals surface area (Å²) in [4.78, 5) is 37.1. The van der Waals surface area contributed by atoms with Gasteiger partial charge in [-0.2, -0.15) is 5.10 Å². The number of aromatic amines is 1. The Balaban J connectivity index is 1.56. The number of aryl methyl sites for hydroxylation is 1. The quantitative estimate of drug-likeness (QED) is 0.330. The molecule has 1 aliphatic rings. The molecule has 0 spiro atoms. The Kier molecular flexibility index (Phi) is 4.86. The molecule has 10 nitrogen and oxygen atoms in total. The second kappa shape index (κ2) is 7.96. The van der Waals surface area contributed by atoms with E-state index in [1.165, 1.54) is 41.8 Å². The van der Waals surface area contributed by atoms with Crippen molar-refractivity contribution in [3.05, 3.63) is 82.7 Å². The zero-order chi connectivity index (χ0) is 24.2. The number of benzene rings is 1. The number of hydrogen-bond acceptors (Lipinski definition) is 8. The predicted octanol–water partition coefficient (Wildman–Crippen LogP) is 3.14. The molecule has 174 valence electrons. The normalized spacial score (nSPS) is 14.9. The van der Waals surface area contributed by atoms with Crippen LogP contribution in [0.2, 0.25) is 0 Å². The lowest BCUT2D eigenvalue weighted by atomic mass is 10.0. The number of nitrogens with one attached hydrogen (secondary N) is 2. The van der Waals surface area contributed by atoms with Gasteiger partial charge in [-0.05, 0) is 36.2 Å². The Morgan fingerprint density at radius 2 is 1.86 bits per heavy atom. The second-order valence-corrected chi connectivity index (χ2v) is 10.7. The number of sulfonamides is 1. The van der Waals surface area contributed by atoms with Crippen LogP contribution in [0.1, 0.15) is 22.3 Å². The number of fused-ring (bicyclic) bond motifs is 9. The number of imidazole rings is 1. The third kappa shape index (κ3) is 3.82. The van der Waals surface area contributed by atoms with Gasteiger partial charge in [-0.15, -0.1) is 0 Å². The third-order valence-corrected chi connectivity index (χ3v) is 8.01. The monoisotopic (exact) mass is 504 g/mol. The Labute approximate surface area is 202 Å². The van der Waals surface area contributed by atoms with Crippen molar-refractivity contribution in [3.63, 3.8) is 0 Å². The Bertz CT molecular complexity index is 1800. The molecule has 0 saturated carbocycles. The number of nitrogens with zero attached hydrogens (tertiary/aromatic N) is 4. The topological polar surface area (TPSA) is 139 Å². The lowest BCUT2D eigenvalue weighted by molar-refractivity contribution is 0.0982. The summed E-state index contributed by atoms with van der Waals surface area (Å²) in [5, 5.41) is 5.18. The van der Waals surface area contributed by atoms with Crippen molar-refractivity contribution in [2.45, 2.75) is 17.7 Å². The zero-order valence-electron chi connectivity index (χ0n) is 17.9. The molecule has 1 aromatic carbocycles. The molecule has 0 fully saturated rings. The maximum Gasteiger partial charge on any atom is 0.272 e. The number of anilines is 1. The molecule has 12 heteroatoms. The van der Waals surface area contributed by atoms with E-state index < -0.39 is 15.6 Å². The van der Waals surface area contributed by atoms with Gasteiger partial charge < -0.3 is 4.98 Å². The maximum atomic E-state index is 13.1. The average Bonchev–Trinajstić information content (AvgIpc) is 3.45. The molecule has 35 heavy (non-hydrogen) atoms. The van der Waals surface area contributed by atoms with E-state index in [9.17, 15) is 18.0 Å². The third-order valence-electron chi connectivity index (χ3n) is 5.68. The molecule has 0 atom stereocenters. The van der Waals surface area contributed by atoms with Gasteiger partial charge >= 0.3 is 0 Å². The van der Waals surface area contributed by atoms with Crippen LogP contribution in [0.3, 0.4) is 0 Å². The molecule has 6 rings (SSSR count). The van der Waals surface area contributed by atoms with Gasteiger partial charge in [0.1, 0.15) is 10.7 Å². The maximum absolute atomic E-state index is 13.1. The number of aromatic nitrogens is 5. The van der Waals surface area contributed by atoms with Crippen molar-refractivity contribution in [2.75, 3.05) is 4.72 Å². The Morgan fingerprint density at radius 1 is 0.971 bits per heavy atom. The second-order valence-electron chi connectivity index (χ2n) is 8.01. The van der Waals surface area contributed by atoms with Gasteiger partial charge in [0, 0.05) is 41.7 Å². The van der Waals surface area contributed by atoms with Crippen LogP contribution in [0.25, 0.3) is 26.8 Å². The van der Waals surface area contributed by atoms with Crippen LogP contribution in [0.4, 0.5) is 5.69 Å². The fourth-order valence-corrected chi connectivity index (χ4v) is 5.86. The summed E-state index contributed by atoms with van der Waals surface area (Å²) < 4.78 is 30.1. The van der Waals surface area contributed by atoms with Gasteiger partial charge in [0.05, 0.1) is 16.8 Å². The number of Topliss-reactive ketones (excluding diaryl/α,β-unsaturated/α-hetero) is 1. The van der Waals surface area contributed by atoms with Crippen LogP contribution < -0.4 is 10.3 Å². The van der Waals surface area contributed by atoms with E-state index >= 15 is 0 Å². The minimum absolute atomic E-state index is 0.115. The first kappa shape index (κ1) is 21.4. The highest BCUT2D eigenvalue weighted by Crippen LogP contribution is 2.30. The largest absolute Gasteiger partial charge is 0.327 e. The molecule has 4 aromatic heterocycles. The zero-order valence-corrected chi connectivity index (χ0v) is 19.6. The molecule has 5 aromatic rings. The summed E-state index contributed by atoms with van der Waals surface area (Å²) in [6, 6.07) is 9.14. The summed E-state index contributed by atoms with van der Waals surface area (Å²) in [6.45, 7) is 0. The van der Waals surface area contributed by atoms with E-state index in [1.54, 1.807) is 29.2 Å². The average molecular weight is 505 g/mol. The fourth-order valence-electron chi connectivity index (χ4n) is 3.90. The highest BCUT2D eigenvalue weighted by molar-refractivity contribution is 7.92. The van der Waals surface area contributed by atoms with Crippen molar-refractivity contribution in [3.8, 4) is 21.8 Å². The van der Waals surface area contributed by atoms with Crippen molar-refractivity contribution in [1.82, 2.24) is 24.6 Å². The Hall–Kier alpha value is -4.16. The number of pyridine rings is 2. The van der Waals surface area contributed by atoms with Crippen LogP contribution in [0.5, 0.6) is 0 Å². The fraction of sp³-hybridized carbons (Fsp3) is 0.0870. The molecule has 0 saturated heterocycles. The van der Waals surface area contributed by atoms with Crippen molar-refractivity contribution in [1.29, 1.82) is 0 Å². The van der Waals surface area contributed by atoms with Gasteiger partial charge in [0.15, 0.2) is 5.78 Å². The number of carbonyl (C=O) groups excluding carboxylic acids is 1. The van der Waals surface area contributed by atoms with E-state index in [2.05, 4.69) is 24.8 Å². The van der Waals surface area contributed by atoms with E-state index in [-0.39, 0.29) is 28.4 Å². The van der Waals surface area contributed by atoms with Gasteiger partial charge in [-0.3, -0.25) is 19.3 Å². The van der Waals surface area contributed by atoms with Crippen LogP contribution >= 0.6 is 11.3 Å². The number of ketones is 1. The molecule has 1 aliphatic heterocycles. The predicted molar refractivity (Wildman–Crippen MR) is 130 cm³/mol. The van der Waals surface area contributed by atoms with Crippen LogP contribution in [-0.2, 0) is 16.4 Å². The number of hydrogen-bond donors (Lipinski definition) is 2. The summed E-state index contributed by atoms with van der Waals surface area (Å²) in [5.74, 6) is -0.204. The smallest absolute Gasteiger partial charge is 0.272 e. The molecular weight excluding hydrogens is 488 g/mol. The van der Waals surface area contributed by atoms with E-state index in [4.69, 9.17) is 0 Å². The molecule has 8 bridgehead atoms. The van der Waals surface area contributed by atoms with Crippen molar-refractivity contribution in [2.24, 2.45) is 0 Å². The highest BCUT2D eigenvalue weighted by Gasteiger charge is 2.20. The van der Waals surface area contributed by atoms with Gasteiger partial charge in [0.2, 0.25) is 4.96 Å². The summed E-state index contributed by atoms with van der Waals surface area (Å²) >= 11 is 1.29. The van der Waals surface area contributed by atoms with Crippen LogP contribution in [-0.4, -0.2) is 38.8 Å². The lowest BCUT2D eigenvalue weighted by Gasteiger charge is -2.10. The minimum atomic E-state index is -4.13. The van der Waals surface area contributed by atoms with Gasteiger partial charge in [-0.1, -0.05) is 23.5 Å². The molecular formula is C23H16N6O4S2. The van der Waals surface area contributed by atoms with Crippen molar-refractivity contribution < 1.29 is 13.2 Å². The first-order chi connectivity index (χ1) is 16.9. The highest BCUT2D eigenvalue weighted by atomic mass is 32.2. The molecule has 0 amide bonds. The standard InChI is InChI=1S/C23H16N6O4S2/c30-20-5-4-13-6-15(10-24-9-13)19-12-26-23-29(19)27-22(34-23)16-8-18(21(31)25-11-16)28-35(32,33)17-3-1-2-14(20)7-17/h1-3,6-12,28H,4-5H2,(H,25,31). The van der Waals surface area contributed by atoms with Crippen molar-refractivity contribution >= 4 is 37.8 Å². The van der Waals surface area contributed by atoms with E-state index in [1.807, 2.05) is 6.07 Å². The summed E-state index contributed by atoms with van der Waals surface area (Å²) in [7, 11) is -4.13. The lowest BCUT2D eigenvalue weighted by Crippen LogP contribution is -2.20. The molecule has 5 heterocycles. The van der Waals surface area contributed by atoms with Crippen LogP contribution in [0, 0.1) is 0 Å². The van der Waals surface area contributed by atoms with Gasteiger partial charge in [0.25, 0.3) is 15.6 Å². The van der Waals surface area contributed by atoms with Crippen LogP contribution in [0.15, 0.2) is 70.9 Å². The summed E-state index contributed by atoms with van der Waals surface area (Å²) in [5.41, 5.74) is 2.40. The number of carbonyl (C=O) groups is 1. The first-order valence-electron chi connectivity index (χ1n) is 10.6. The molecule has 0 radical (unpaired) electrons. The Morgan fingerprint density at radius 3 is 2.74 bits per heavy atom. The molecule has 0 unspecified atom stereocenters. The minimum Gasteiger partial charge on any atom is -0.327 e. The first-order valence-corrected chi connectivity index (χ1v) is 12.9. The number of rotatable bonds is 0. The molecule has 2 N–H and O–H groups in total. The number of H-pyrrole nitrogens is 1. The summed E-state index contributed by atoms with van der Waals surface area (Å²) in [6.07, 6.45) is 7.18.